The molecule has 0 saturated heterocycles. The maximum atomic E-state index is 12.9. The Kier molecular flexibility index (Phi) is 7.50. The quantitative estimate of drug-likeness (QED) is 0.526. The van der Waals surface area contributed by atoms with E-state index in [4.69, 9.17) is 23.2 Å². The van der Waals surface area contributed by atoms with Crippen LogP contribution in [0, 0.1) is 0 Å². The molecule has 5 nitrogen and oxygen atoms in total. The predicted molar refractivity (Wildman–Crippen MR) is 119 cm³/mol. The topological polar surface area (TPSA) is 75.3 Å². The van der Waals surface area contributed by atoms with Crippen LogP contribution in [-0.2, 0) is 27.8 Å². The summed E-state index contributed by atoms with van der Waals surface area (Å²) < 4.78 is 28.1. The molecule has 3 aromatic rings. The molecule has 8 heteroatoms. The molecular weight excluding hydrogens is 443 g/mol. The SMILES string of the molecule is O=C(NCc1ccc(Cl)cc1)C(Cc1ccccc1)NS(=O)(=O)c1ccc(Cl)cc1. The van der Waals surface area contributed by atoms with E-state index in [1.165, 1.54) is 24.3 Å². The van der Waals surface area contributed by atoms with E-state index in [0.29, 0.717) is 10.0 Å². The largest absolute Gasteiger partial charge is 0.351 e. The molecule has 0 aliphatic heterocycles. The van der Waals surface area contributed by atoms with Crippen molar-refractivity contribution in [2.75, 3.05) is 0 Å². The Hall–Kier alpha value is -2.38. The zero-order chi connectivity index (χ0) is 21.6. The van der Waals surface area contributed by atoms with Crippen molar-refractivity contribution >= 4 is 39.1 Å². The molecule has 3 aromatic carbocycles. The maximum Gasteiger partial charge on any atom is 0.241 e. The van der Waals surface area contributed by atoms with Crippen LogP contribution in [0.15, 0.2) is 83.8 Å². The highest BCUT2D eigenvalue weighted by Gasteiger charge is 2.26. The molecule has 0 bridgehead atoms. The summed E-state index contributed by atoms with van der Waals surface area (Å²) in [4.78, 5) is 12.9. The number of amides is 1. The van der Waals surface area contributed by atoms with Gasteiger partial charge in [-0.15, -0.1) is 0 Å². The van der Waals surface area contributed by atoms with Gasteiger partial charge in [-0.1, -0.05) is 65.7 Å². The van der Waals surface area contributed by atoms with Gasteiger partial charge in [0, 0.05) is 16.6 Å². The van der Waals surface area contributed by atoms with Crippen LogP contribution >= 0.6 is 23.2 Å². The Balaban J connectivity index is 1.77. The van der Waals surface area contributed by atoms with Crippen molar-refractivity contribution in [3.8, 4) is 0 Å². The van der Waals surface area contributed by atoms with E-state index in [0.717, 1.165) is 11.1 Å². The summed E-state index contributed by atoms with van der Waals surface area (Å²) in [6.07, 6.45) is 0.208. The molecule has 1 amide bonds. The summed E-state index contributed by atoms with van der Waals surface area (Å²) in [7, 11) is -3.92. The molecule has 3 rings (SSSR count). The lowest BCUT2D eigenvalue weighted by Gasteiger charge is -2.19. The van der Waals surface area contributed by atoms with E-state index in [-0.39, 0.29) is 17.9 Å². The number of hydrogen-bond acceptors (Lipinski definition) is 3. The fourth-order valence-corrected chi connectivity index (χ4v) is 4.27. The van der Waals surface area contributed by atoms with Crippen LogP contribution < -0.4 is 10.0 Å². The second-order valence-corrected chi connectivity index (χ2v) is 9.25. The van der Waals surface area contributed by atoms with Crippen molar-refractivity contribution in [2.24, 2.45) is 0 Å². The lowest BCUT2D eigenvalue weighted by Crippen LogP contribution is -2.47. The van der Waals surface area contributed by atoms with Gasteiger partial charge in [0.1, 0.15) is 6.04 Å². The van der Waals surface area contributed by atoms with E-state index >= 15 is 0 Å². The molecule has 30 heavy (non-hydrogen) atoms. The Labute approximate surface area is 186 Å². The zero-order valence-electron chi connectivity index (χ0n) is 15.9. The molecule has 0 radical (unpaired) electrons. The second kappa shape index (κ2) is 10.1. The van der Waals surface area contributed by atoms with Crippen LogP contribution in [0.1, 0.15) is 11.1 Å². The van der Waals surface area contributed by atoms with Crippen molar-refractivity contribution < 1.29 is 13.2 Å². The van der Waals surface area contributed by atoms with Crippen LogP contribution in [0.4, 0.5) is 0 Å². The predicted octanol–water partition coefficient (Wildman–Crippen LogP) is 4.20. The zero-order valence-corrected chi connectivity index (χ0v) is 18.2. The number of halogens is 2. The number of carbonyl (C=O) groups is 1. The number of rotatable bonds is 8. The summed E-state index contributed by atoms with van der Waals surface area (Å²) >= 11 is 11.7. The van der Waals surface area contributed by atoms with Crippen molar-refractivity contribution in [3.63, 3.8) is 0 Å². The number of hydrogen-bond donors (Lipinski definition) is 2. The van der Waals surface area contributed by atoms with Crippen molar-refractivity contribution in [1.29, 1.82) is 0 Å². The van der Waals surface area contributed by atoms with Crippen LogP contribution in [0.2, 0.25) is 10.0 Å². The minimum atomic E-state index is -3.92. The number of benzene rings is 3. The van der Waals surface area contributed by atoms with Gasteiger partial charge in [-0.05, 0) is 53.9 Å². The van der Waals surface area contributed by atoms with Gasteiger partial charge < -0.3 is 5.32 Å². The first-order chi connectivity index (χ1) is 14.3. The fraction of sp³-hybridized carbons (Fsp3) is 0.136. The summed E-state index contributed by atoms with van der Waals surface area (Å²) in [6, 6.07) is 21.1. The highest BCUT2D eigenvalue weighted by atomic mass is 35.5. The van der Waals surface area contributed by atoms with E-state index in [1.54, 1.807) is 24.3 Å². The Morgan fingerprint density at radius 1 is 0.800 bits per heavy atom. The molecule has 0 saturated carbocycles. The second-order valence-electron chi connectivity index (χ2n) is 6.66. The van der Waals surface area contributed by atoms with Gasteiger partial charge in [-0.2, -0.15) is 4.72 Å². The first kappa shape index (κ1) is 22.3. The third-order valence-electron chi connectivity index (χ3n) is 4.40. The molecule has 2 N–H and O–H groups in total. The van der Waals surface area contributed by atoms with Gasteiger partial charge in [0.25, 0.3) is 0 Å². The normalized spacial score (nSPS) is 12.3. The molecule has 0 spiro atoms. The molecule has 1 atom stereocenters. The Morgan fingerprint density at radius 2 is 1.37 bits per heavy atom. The number of nitrogens with one attached hydrogen (secondary N) is 2. The lowest BCUT2D eigenvalue weighted by molar-refractivity contribution is -0.122. The highest BCUT2D eigenvalue weighted by Crippen LogP contribution is 2.15. The monoisotopic (exact) mass is 462 g/mol. The number of sulfonamides is 1. The van der Waals surface area contributed by atoms with Crippen molar-refractivity contribution in [3.05, 3.63) is 100 Å². The average Bonchev–Trinajstić information content (AvgIpc) is 2.73. The average molecular weight is 463 g/mol. The van der Waals surface area contributed by atoms with Gasteiger partial charge in [0.15, 0.2) is 0 Å². The first-order valence-corrected chi connectivity index (χ1v) is 11.4. The van der Waals surface area contributed by atoms with Crippen molar-refractivity contribution in [2.45, 2.75) is 23.9 Å². The maximum absolute atomic E-state index is 12.9. The van der Waals surface area contributed by atoms with E-state index in [2.05, 4.69) is 10.0 Å². The minimum Gasteiger partial charge on any atom is -0.351 e. The summed E-state index contributed by atoms with van der Waals surface area (Å²) in [5, 5.41) is 3.82. The molecule has 1 unspecified atom stereocenters. The number of carbonyl (C=O) groups excluding carboxylic acids is 1. The van der Waals surface area contributed by atoms with E-state index in [1.807, 2.05) is 30.3 Å². The van der Waals surface area contributed by atoms with Gasteiger partial charge in [-0.25, -0.2) is 8.42 Å². The van der Waals surface area contributed by atoms with Crippen LogP contribution in [0.5, 0.6) is 0 Å². The summed E-state index contributed by atoms with van der Waals surface area (Å²) in [5.74, 6) is -0.425. The molecular formula is C22H20Cl2N2O3S. The summed E-state index contributed by atoms with van der Waals surface area (Å²) in [5.41, 5.74) is 1.69. The molecule has 0 heterocycles. The molecule has 0 aliphatic carbocycles. The molecule has 156 valence electrons. The van der Waals surface area contributed by atoms with Gasteiger partial charge in [-0.3, -0.25) is 4.79 Å². The smallest absolute Gasteiger partial charge is 0.241 e. The van der Waals surface area contributed by atoms with Crippen molar-refractivity contribution in [1.82, 2.24) is 10.0 Å². The lowest BCUT2D eigenvalue weighted by atomic mass is 10.1. The third kappa shape index (κ3) is 6.31. The van der Waals surface area contributed by atoms with Gasteiger partial charge in [0.2, 0.25) is 15.9 Å². The van der Waals surface area contributed by atoms with Crippen LogP contribution in [0.25, 0.3) is 0 Å². The van der Waals surface area contributed by atoms with Crippen LogP contribution in [-0.4, -0.2) is 20.4 Å². The third-order valence-corrected chi connectivity index (χ3v) is 6.39. The molecule has 0 aliphatic rings. The van der Waals surface area contributed by atoms with E-state index in [9.17, 15) is 13.2 Å². The first-order valence-electron chi connectivity index (χ1n) is 9.17. The van der Waals surface area contributed by atoms with Crippen LogP contribution in [0.3, 0.4) is 0 Å². The van der Waals surface area contributed by atoms with Gasteiger partial charge >= 0.3 is 0 Å². The molecule has 0 fully saturated rings. The standard InChI is InChI=1S/C22H20Cl2N2O3S/c23-18-8-6-17(7-9-18)15-25-22(27)21(14-16-4-2-1-3-5-16)26-30(28,29)20-12-10-19(24)11-13-20/h1-13,21,26H,14-15H2,(H,25,27). The minimum absolute atomic E-state index is 0.0375. The Bertz CT molecular complexity index is 1090. The highest BCUT2D eigenvalue weighted by molar-refractivity contribution is 7.89. The fourth-order valence-electron chi connectivity index (χ4n) is 2.82. The van der Waals surface area contributed by atoms with Gasteiger partial charge in [0.05, 0.1) is 4.90 Å². The Morgan fingerprint density at radius 3 is 1.97 bits per heavy atom. The van der Waals surface area contributed by atoms with E-state index < -0.39 is 22.0 Å². The molecule has 0 aromatic heterocycles. The summed E-state index contributed by atoms with van der Waals surface area (Å²) in [6.45, 7) is 0.254.